The predicted octanol–water partition coefficient (Wildman–Crippen LogP) is 2.89. The fraction of sp³-hybridized carbons (Fsp3) is 0.417. The fourth-order valence-corrected chi connectivity index (χ4v) is 2.68. The SMILES string of the molecule is Cc1cc(Br)c(C)c(C2(C(=O)O)CC2)c1O. The number of aryl methyl sites for hydroxylation is 1. The van der Waals surface area contributed by atoms with E-state index < -0.39 is 11.4 Å². The predicted molar refractivity (Wildman–Crippen MR) is 63.8 cm³/mol. The summed E-state index contributed by atoms with van der Waals surface area (Å²) in [6.45, 7) is 3.61. The van der Waals surface area contributed by atoms with Gasteiger partial charge in [0.05, 0.1) is 5.41 Å². The molecule has 2 N–H and O–H groups in total. The molecule has 0 radical (unpaired) electrons. The van der Waals surface area contributed by atoms with Crippen LogP contribution in [-0.4, -0.2) is 16.2 Å². The van der Waals surface area contributed by atoms with Crippen LogP contribution in [0, 0.1) is 13.8 Å². The van der Waals surface area contributed by atoms with Crippen molar-refractivity contribution in [2.75, 3.05) is 0 Å². The monoisotopic (exact) mass is 284 g/mol. The molecule has 0 unspecified atom stereocenters. The third-order valence-electron chi connectivity index (χ3n) is 3.32. The summed E-state index contributed by atoms with van der Waals surface area (Å²) < 4.78 is 0.852. The maximum absolute atomic E-state index is 11.3. The number of aromatic hydroxyl groups is 1. The van der Waals surface area contributed by atoms with Crippen molar-refractivity contribution in [3.8, 4) is 5.75 Å². The Morgan fingerprint density at radius 1 is 1.44 bits per heavy atom. The molecule has 1 aliphatic carbocycles. The first-order valence-electron chi connectivity index (χ1n) is 5.12. The zero-order chi connectivity index (χ0) is 12.1. The number of carbonyl (C=O) groups is 1. The molecule has 0 amide bonds. The Hall–Kier alpha value is -1.03. The van der Waals surface area contributed by atoms with Crippen molar-refractivity contribution in [3.63, 3.8) is 0 Å². The third-order valence-corrected chi connectivity index (χ3v) is 4.15. The molecule has 1 aliphatic rings. The van der Waals surface area contributed by atoms with Crippen molar-refractivity contribution in [1.29, 1.82) is 0 Å². The van der Waals surface area contributed by atoms with E-state index in [0.29, 0.717) is 24.0 Å². The van der Waals surface area contributed by atoms with E-state index in [-0.39, 0.29) is 5.75 Å². The Labute approximate surface area is 102 Å². The standard InChI is InChI=1S/C12H13BrO3/c1-6-5-8(13)7(2)9(10(6)14)12(3-4-12)11(15)16/h5,14H,3-4H2,1-2H3,(H,15,16). The Morgan fingerprint density at radius 3 is 2.44 bits per heavy atom. The smallest absolute Gasteiger partial charge is 0.314 e. The average Bonchev–Trinajstić information content (AvgIpc) is 2.97. The Kier molecular flexibility index (Phi) is 2.49. The summed E-state index contributed by atoms with van der Waals surface area (Å²) in [6, 6.07) is 1.81. The van der Waals surface area contributed by atoms with Crippen molar-refractivity contribution in [2.24, 2.45) is 0 Å². The van der Waals surface area contributed by atoms with E-state index in [4.69, 9.17) is 0 Å². The highest BCUT2D eigenvalue weighted by atomic mass is 79.9. The molecule has 0 aliphatic heterocycles. The molecule has 2 rings (SSSR count). The molecule has 1 fully saturated rings. The molecular formula is C12H13BrO3. The highest BCUT2D eigenvalue weighted by Gasteiger charge is 2.54. The molecule has 1 aromatic carbocycles. The van der Waals surface area contributed by atoms with Crippen molar-refractivity contribution in [1.82, 2.24) is 0 Å². The second-order valence-corrected chi connectivity index (χ2v) is 5.27. The first kappa shape index (κ1) is 11.5. The van der Waals surface area contributed by atoms with E-state index in [2.05, 4.69) is 15.9 Å². The zero-order valence-corrected chi connectivity index (χ0v) is 10.8. The molecule has 0 heterocycles. The van der Waals surface area contributed by atoms with Crippen LogP contribution in [0.5, 0.6) is 5.75 Å². The van der Waals surface area contributed by atoms with Gasteiger partial charge in [-0.2, -0.15) is 0 Å². The van der Waals surface area contributed by atoms with E-state index >= 15 is 0 Å². The number of aliphatic carboxylic acids is 1. The van der Waals surface area contributed by atoms with E-state index in [9.17, 15) is 15.0 Å². The number of hydrogen-bond donors (Lipinski definition) is 2. The molecule has 0 bridgehead atoms. The normalized spacial score (nSPS) is 17.2. The zero-order valence-electron chi connectivity index (χ0n) is 9.17. The Morgan fingerprint density at radius 2 is 2.00 bits per heavy atom. The van der Waals surface area contributed by atoms with Gasteiger partial charge in [-0.25, -0.2) is 0 Å². The molecule has 3 nitrogen and oxygen atoms in total. The van der Waals surface area contributed by atoms with Gasteiger partial charge in [0.2, 0.25) is 0 Å². The van der Waals surface area contributed by atoms with Crippen LogP contribution >= 0.6 is 15.9 Å². The maximum atomic E-state index is 11.3. The fourth-order valence-electron chi connectivity index (χ4n) is 2.14. The highest BCUT2D eigenvalue weighted by molar-refractivity contribution is 9.10. The lowest BCUT2D eigenvalue weighted by Crippen LogP contribution is -2.21. The molecule has 0 atom stereocenters. The average molecular weight is 285 g/mol. The van der Waals surface area contributed by atoms with Gasteiger partial charge in [-0.05, 0) is 43.9 Å². The van der Waals surface area contributed by atoms with Gasteiger partial charge >= 0.3 is 5.97 Å². The van der Waals surface area contributed by atoms with Crippen LogP contribution in [0.3, 0.4) is 0 Å². The van der Waals surface area contributed by atoms with Gasteiger partial charge in [-0.3, -0.25) is 4.79 Å². The molecule has 0 aromatic heterocycles. The first-order chi connectivity index (χ1) is 7.40. The second kappa shape index (κ2) is 3.48. The first-order valence-corrected chi connectivity index (χ1v) is 5.92. The molecular weight excluding hydrogens is 272 g/mol. The number of phenols is 1. The van der Waals surface area contributed by atoms with Crippen molar-refractivity contribution < 1.29 is 15.0 Å². The molecule has 4 heteroatoms. The van der Waals surface area contributed by atoms with Crippen molar-refractivity contribution in [2.45, 2.75) is 32.1 Å². The summed E-state index contributed by atoms with van der Waals surface area (Å²) in [7, 11) is 0. The quantitative estimate of drug-likeness (QED) is 0.878. The highest BCUT2D eigenvalue weighted by Crippen LogP contribution is 2.54. The Balaban J connectivity index is 2.70. The number of halogens is 1. The number of hydrogen-bond acceptors (Lipinski definition) is 2. The van der Waals surface area contributed by atoms with Gasteiger partial charge in [0.1, 0.15) is 5.75 Å². The van der Waals surface area contributed by atoms with Crippen LogP contribution in [0.4, 0.5) is 0 Å². The minimum atomic E-state index is -0.858. The number of rotatable bonds is 2. The minimum absolute atomic E-state index is 0.126. The van der Waals surface area contributed by atoms with Crippen LogP contribution in [-0.2, 0) is 10.2 Å². The van der Waals surface area contributed by atoms with Crippen LogP contribution < -0.4 is 0 Å². The number of carboxylic acid groups (broad SMARTS) is 1. The lowest BCUT2D eigenvalue weighted by molar-refractivity contribution is -0.140. The molecule has 1 saturated carbocycles. The minimum Gasteiger partial charge on any atom is -0.507 e. The van der Waals surface area contributed by atoms with E-state index in [1.165, 1.54) is 0 Å². The Bertz CT molecular complexity index is 449. The van der Waals surface area contributed by atoms with Crippen LogP contribution in [0.25, 0.3) is 0 Å². The third kappa shape index (κ3) is 1.44. The van der Waals surface area contributed by atoms with Crippen LogP contribution in [0.15, 0.2) is 10.5 Å². The van der Waals surface area contributed by atoms with E-state index in [0.717, 1.165) is 10.0 Å². The summed E-state index contributed by atoms with van der Waals surface area (Å²) in [5, 5.41) is 19.3. The second-order valence-electron chi connectivity index (χ2n) is 4.41. The summed E-state index contributed by atoms with van der Waals surface area (Å²) in [6.07, 6.45) is 1.21. The van der Waals surface area contributed by atoms with Gasteiger partial charge in [-0.1, -0.05) is 15.9 Å². The van der Waals surface area contributed by atoms with Crippen LogP contribution in [0.1, 0.15) is 29.5 Å². The lowest BCUT2D eigenvalue weighted by atomic mass is 9.89. The van der Waals surface area contributed by atoms with Crippen molar-refractivity contribution in [3.05, 3.63) is 27.2 Å². The summed E-state index contributed by atoms with van der Waals surface area (Å²) in [5.74, 6) is -0.719. The summed E-state index contributed by atoms with van der Waals surface area (Å²) in [4.78, 5) is 11.3. The van der Waals surface area contributed by atoms with Gasteiger partial charge < -0.3 is 10.2 Å². The van der Waals surface area contributed by atoms with E-state index in [1.54, 1.807) is 6.92 Å². The number of benzene rings is 1. The molecule has 16 heavy (non-hydrogen) atoms. The van der Waals surface area contributed by atoms with Gasteiger partial charge in [-0.15, -0.1) is 0 Å². The number of carboxylic acids is 1. The lowest BCUT2D eigenvalue weighted by Gasteiger charge is -2.18. The molecule has 0 spiro atoms. The number of phenolic OH excluding ortho intramolecular Hbond substituents is 1. The summed E-state index contributed by atoms with van der Waals surface area (Å²) >= 11 is 3.40. The molecule has 86 valence electrons. The largest absolute Gasteiger partial charge is 0.507 e. The van der Waals surface area contributed by atoms with Crippen LogP contribution in [0.2, 0.25) is 0 Å². The van der Waals surface area contributed by atoms with Gasteiger partial charge in [0, 0.05) is 10.0 Å². The van der Waals surface area contributed by atoms with Gasteiger partial charge in [0.25, 0.3) is 0 Å². The maximum Gasteiger partial charge on any atom is 0.314 e. The van der Waals surface area contributed by atoms with Gasteiger partial charge in [0.15, 0.2) is 0 Å². The molecule has 1 aromatic rings. The van der Waals surface area contributed by atoms with E-state index in [1.807, 2.05) is 13.0 Å². The molecule has 0 saturated heterocycles. The summed E-state index contributed by atoms with van der Waals surface area (Å²) in [5.41, 5.74) is 1.25. The topological polar surface area (TPSA) is 57.5 Å². The van der Waals surface area contributed by atoms with Crippen molar-refractivity contribution >= 4 is 21.9 Å².